The lowest BCUT2D eigenvalue weighted by Gasteiger charge is -2.32. The van der Waals surface area contributed by atoms with Crippen LogP contribution in [0.2, 0.25) is 0 Å². The van der Waals surface area contributed by atoms with Gasteiger partial charge in [0.2, 0.25) is 0 Å². The van der Waals surface area contributed by atoms with Gasteiger partial charge in [0.15, 0.2) is 0 Å². The first-order valence-corrected chi connectivity index (χ1v) is 9.57. The first-order chi connectivity index (χ1) is 11.4. The Morgan fingerprint density at radius 1 is 0.917 bits per heavy atom. The zero-order chi connectivity index (χ0) is 16.9. The molecule has 0 aromatic heterocycles. The minimum Gasteiger partial charge on any atom is -0.399 e. The molecule has 3 fully saturated rings. The van der Waals surface area contributed by atoms with E-state index in [2.05, 4.69) is 51.2 Å². The van der Waals surface area contributed by atoms with Crippen LogP contribution in [0.25, 0.3) is 0 Å². The smallest absolute Gasteiger partial charge is 0.399 e. The van der Waals surface area contributed by atoms with Crippen LogP contribution in [0.4, 0.5) is 0 Å². The zero-order valence-electron chi connectivity index (χ0n) is 15.5. The van der Waals surface area contributed by atoms with Gasteiger partial charge in [-0.15, -0.1) is 0 Å². The van der Waals surface area contributed by atoms with Gasteiger partial charge in [-0.05, 0) is 94.9 Å². The molecule has 0 bridgehead atoms. The lowest BCUT2D eigenvalue weighted by Crippen LogP contribution is -2.41. The van der Waals surface area contributed by atoms with Crippen LogP contribution in [-0.4, -0.2) is 31.4 Å². The van der Waals surface area contributed by atoms with Crippen molar-refractivity contribution in [2.45, 2.75) is 76.4 Å². The molecule has 0 spiro atoms. The summed E-state index contributed by atoms with van der Waals surface area (Å²) in [6.45, 7) is 10.8. The Kier molecular flexibility index (Phi) is 4.06. The standard InChI is InChI=1S/C20H30BNO2/c1-19(2)20(3,4)24-21(23-19)18-13-16(14-5-6-14)7-8-17(18)15-9-11-22-12-10-15/h7-8,13-15,22H,5-6,9-12H2,1-4H3. The summed E-state index contributed by atoms with van der Waals surface area (Å²) in [4.78, 5) is 0. The highest BCUT2D eigenvalue weighted by molar-refractivity contribution is 6.62. The Hall–Kier alpha value is -0.835. The molecule has 0 unspecified atom stereocenters. The van der Waals surface area contributed by atoms with Crippen LogP contribution in [0.1, 0.15) is 76.3 Å². The normalized spacial score (nSPS) is 26.8. The van der Waals surface area contributed by atoms with Gasteiger partial charge in [0, 0.05) is 0 Å². The number of nitrogens with one attached hydrogen (secondary N) is 1. The molecule has 1 aromatic carbocycles. The summed E-state index contributed by atoms with van der Waals surface area (Å²) < 4.78 is 12.8. The maximum atomic E-state index is 6.40. The van der Waals surface area contributed by atoms with Crippen LogP contribution in [0.5, 0.6) is 0 Å². The van der Waals surface area contributed by atoms with Gasteiger partial charge in [0.1, 0.15) is 0 Å². The Morgan fingerprint density at radius 3 is 2.12 bits per heavy atom. The first kappa shape index (κ1) is 16.6. The zero-order valence-corrected chi connectivity index (χ0v) is 15.5. The van der Waals surface area contributed by atoms with Gasteiger partial charge in [0.05, 0.1) is 11.2 Å². The number of piperidine rings is 1. The maximum Gasteiger partial charge on any atom is 0.495 e. The number of benzene rings is 1. The lowest BCUT2D eigenvalue weighted by atomic mass is 9.70. The minimum atomic E-state index is -0.279. The van der Waals surface area contributed by atoms with E-state index in [0.29, 0.717) is 5.92 Å². The average Bonchev–Trinajstić information content (AvgIpc) is 3.36. The van der Waals surface area contributed by atoms with Crippen LogP contribution in [0.15, 0.2) is 18.2 Å². The third-order valence-electron chi connectivity index (χ3n) is 6.45. The van der Waals surface area contributed by atoms with Gasteiger partial charge >= 0.3 is 7.12 Å². The van der Waals surface area contributed by atoms with Crippen molar-refractivity contribution in [1.29, 1.82) is 0 Å². The molecule has 0 atom stereocenters. The average molecular weight is 327 g/mol. The van der Waals surface area contributed by atoms with E-state index in [0.717, 1.165) is 19.0 Å². The van der Waals surface area contributed by atoms with Crippen LogP contribution < -0.4 is 10.8 Å². The molecule has 1 N–H and O–H groups in total. The molecule has 2 aliphatic heterocycles. The molecule has 2 heterocycles. The van der Waals surface area contributed by atoms with Gasteiger partial charge in [0.25, 0.3) is 0 Å². The maximum absolute atomic E-state index is 6.40. The highest BCUT2D eigenvalue weighted by atomic mass is 16.7. The SMILES string of the molecule is CC1(C)OB(c2cc(C3CC3)ccc2C2CCNCC2)OC1(C)C. The Labute approximate surface area is 146 Å². The molecule has 1 saturated carbocycles. The van der Waals surface area contributed by atoms with Gasteiger partial charge in [-0.2, -0.15) is 0 Å². The third-order valence-corrected chi connectivity index (χ3v) is 6.45. The van der Waals surface area contributed by atoms with E-state index in [1.807, 2.05) is 0 Å². The summed E-state index contributed by atoms with van der Waals surface area (Å²) in [5.74, 6) is 1.38. The minimum absolute atomic E-state index is 0.237. The van der Waals surface area contributed by atoms with E-state index in [9.17, 15) is 0 Å². The fourth-order valence-corrected chi connectivity index (χ4v) is 3.94. The van der Waals surface area contributed by atoms with Crippen molar-refractivity contribution in [3.05, 3.63) is 29.3 Å². The summed E-state index contributed by atoms with van der Waals surface area (Å²) in [6, 6.07) is 7.10. The van der Waals surface area contributed by atoms with E-state index < -0.39 is 0 Å². The van der Waals surface area contributed by atoms with Crippen LogP contribution in [0, 0.1) is 0 Å². The number of hydrogen-bond acceptors (Lipinski definition) is 3. The molecule has 3 nitrogen and oxygen atoms in total. The predicted molar refractivity (Wildman–Crippen MR) is 99.0 cm³/mol. The van der Waals surface area contributed by atoms with Crippen molar-refractivity contribution < 1.29 is 9.31 Å². The molecule has 4 rings (SSSR count). The van der Waals surface area contributed by atoms with E-state index in [1.54, 1.807) is 0 Å². The molecule has 1 aliphatic carbocycles. The number of rotatable bonds is 3. The van der Waals surface area contributed by atoms with Gasteiger partial charge < -0.3 is 14.6 Å². The van der Waals surface area contributed by atoms with E-state index in [-0.39, 0.29) is 18.3 Å². The molecular weight excluding hydrogens is 297 g/mol. The second-order valence-electron chi connectivity index (χ2n) is 8.78. The van der Waals surface area contributed by atoms with Crippen LogP contribution >= 0.6 is 0 Å². The Morgan fingerprint density at radius 2 is 1.54 bits per heavy atom. The highest BCUT2D eigenvalue weighted by Crippen LogP contribution is 2.41. The summed E-state index contributed by atoms with van der Waals surface area (Å²) in [5.41, 5.74) is 3.64. The van der Waals surface area contributed by atoms with Crippen LogP contribution in [-0.2, 0) is 9.31 Å². The molecule has 24 heavy (non-hydrogen) atoms. The summed E-state index contributed by atoms with van der Waals surface area (Å²) in [6.07, 6.45) is 5.07. The van der Waals surface area contributed by atoms with Gasteiger partial charge in [-0.25, -0.2) is 0 Å². The fraction of sp³-hybridized carbons (Fsp3) is 0.700. The molecule has 130 valence electrons. The molecule has 0 radical (unpaired) electrons. The highest BCUT2D eigenvalue weighted by Gasteiger charge is 2.52. The Bertz CT molecular complexity index is 602. The van der Waals surface area contributed by atoms with Crippen molar-refractivity contribution >= 4 is 12.6 Å². The molecule has 0 amide bonds. The molecule has 1 aromatic rings. The fourth-order valence-electron chi connectivity index (χ4n) is 3.94. The van der Waals surface area contributed by atoms with Crippen molar-refractivity contribution in [1.82, 2.24) is 5.32 Å². The van der Waals surface area contributed by atoms with E-state index >= 15 is 0 Å². The van der Waals surface area contributed by atoms with Gasteiger partial charge in [-0.3, -0.25) is 0 Å². The van der Waals surface area contributed by atoms with Crippen LogP contribution in [0.3, 0.4) is 0 Å². The van der Waals surface area contributed by atoms with E-state index in [1.165, 1.54) is 42.3 Å². The quantitative estimate of drug-likeness (QED) is 0.864. The summed E-state index contributed by atoms with van der Waals surface area (Å²) in [5, 5.41) is 3.48. The molecular formula is C20H30BNO2. The Balaban J connectivity index is 1.70. The van der Waals surface area contributed by atoms with Crippen molar-refractivity contribution in [2.75, 3.05) is 13.1 Å². The largest absolute Gasteiger partial charge is 0.495 e. The van der Waals surface area contributed by atoms with Crippen molar-refractivity contribution in [2.24, 2.45) is 0 Å². The number of hydrogen-bond donors (Lipinski definition) is 1. The molecule has 3 aliphatic rings. The summed E-state index contributed by atoms with van der Waals surface area (Å²) in [7, 11) is -0.237. The second kappa shape index (κ2) is 5.86. The predicted octanol–water partition coefficient (Wildman–Crippen LogP) is 3.33. The third kappa shape index (κ3) is 2.93. The lowest BCUT2D eigenvalue weighted by molar-refractivity contribution is 0.00578. The molecule has 4 heteroatoms. The van der Waals surface area contributed by atoms with Crippen molar-refractivity contribution in [3.8, 4) is 0 Å². The topological polar surface area (TPSA) is 30.5 Å². The van der Waals surface area contributed by atoms with Crippen molar-refractivity contribution in [3.63, 3.8) is 0 Å². The summed E-state index contributed by atoms with van der Waals surface area (Å²) >= 11 is 0. The van der Waals surface area contributed by atoms with E-state index in [4.69, 9.17) is 9.31 Å². The monoisotopic (exact) mass is 327 g/mol. The van der Waals surface area contributed by atoms with Gasteiger partial charge in [-0.1, -0.05) is 18.2 Å². The first-order valence-electron chi connectivity index (χ1n) is 9.57. The molecule has 2 saturated heterocycles. The second-order valence-corrected chi connectivity index (χ2v) is 8.78.